The molecule has 21 heavy (non-hydrogen) atoms. The van der Waals surface area contributed by atoms with E-state index in [9.17, 15) is 0 Å². The minimum Gasteiger partial charge on any atom is -0.396 e. The van der Waals surface area contributed by atoms with Gasteiger partial charge in [-0.3, -0.25) is 19.9 Å². The first-order chi connectivity index (χ1) is 9.54. The van der Waals surface area contributed by atoms with Crippen LogP contribution in [0.4, 0.5) is 0 Å². The van der Waals surface area contributed by atoms with Crippen molar-refractivity contribution in [2.75, 3.05) is 13.2 Å². The topological polar surface area (TPSA) is 215 Å². The van der Waals surface area contributed by atoms with Crippen LogP contribution in [-0.4, -0.2) is 52.6 Å². The molecule has 0 aliphatic heterocycles. The van der Waals surface area contributed by atoms with Gasteiger partial charge in [0.25, 0.3) is 0 Å². The second kappa shape index (κ2) is 16.8. The van der Waals surface area contributed by atoms with Gasteiger partial charge in [0.05, 0.1) is 11.7 Å². The Morgan fingerprint density at radius 2 is 1.05 bits per heavy atom. The van der Waals surface area contributed by atoms with Gasteiger partial charge in [0, 0.05) is 26.1 Å². The Morgan fingerprint density at radius 3 is 1.19 bits per heavy atom. The summed E-state index contributed by atoms with van der Waals surface area (Å²) in [5.74, 6) is 0.414. The first-order valence-electron chi connectivity index (χ1n) is 6.12. The van der Waals surface area contributed by atoms with E-state index in [1.165, 1.54) is 0 Å². The average Bonchev–Trinajstić information content (AvgIpc) is 2.27. The zero-order valence-electron chi connectivity index (χ0n) is 11.8. The van der Waals surface area contributed by atoms with Crippen LogP contribution in [0, 0.1) is 10.8 Å². The quantitative estimate of drug-likeness (QED) is 0.125. The van der Waals surface area contributed by atoms with Gasteiger partial charge in [-0.2, -0.15) is 8.42 Å². The Labute approximate surface area is 124 Å². The summed E-state index contributed by atoms with van der Waals surface area (Å²) in [7, 11) is -4.67. The third-order valence-corrected chi connectivity index (χ3v) is 1.71. The molecule has 10 nitrogen and oxygen atoms in total. The van der Waals surface area contributed by atoms with Crippen molar-refractivity contribution < 1.29 is 27.7 Å². The smallest absolute Gasteiger partial charge is 0.394 e. The van der Waals surface area contributed by atoms with Crippen molar-refractivity contribution in [2.45, 2.75) is 38.5 Å². The molecule has 0 aliphatic carbocycles. The monoisotopic (exact) mass is 330 g/mol. The number of nitrogens with two attached hydrogens (primary N) is 2. The van der Waals surface area contributed by atoms with Gasteiger partial charge >= 0.3 is 10.4 Å². The molecule has 10 N–H and O–H groups in total. The fourth-order valence-electron chi connectivity index (χ4n) is 0.855. The maximum absolute atomic E-state index is 8.74. The van der Waals surface area contributed by atoms with Crippen LogP contribution in [0.1, 0.15) is 38.5 Å². The fourth-order valence-corrected chi connectivity index (χ4v) is 0.855. The number of rotatable bonds is 8. The Morgan fingerprint density at radius 1 is 0.810 bits per heavy atom. The van der Waals surface area contributed by atoms with Crippen molar-refractivity contribution in [2.24, 2.45) is 11.5 Å². The number of hydrogen-bond acceptors (Lipinski definition) is 6. The molecule has 0 aromatic carbocycles. The molecular formula is C10H26N4O6S. The molecule has 0 aromatic rings. The van der Waals surface area contributed by atoms with Crippen LogP contribution >= 0.6 is 0 Å². The fraction of sp³-hybridized carbons (Fsp3) is 0.800. The highest BCUT2D eigenvalue weighted by Gasteiger charge is 1.88. The van der Waals surface area contributed by atoms with Crippen molar-refractivity contribution in [3.05, 3.63) is 0 Å². The molecule has 0 heterocycles. The average molecular weight is 330 g/mol. The summed E-state index contributed by atoms with van der Waals surface area (Å²) in [5.41, 5.74) is 10.1. The summed E-state index contributed by atoms with van der Waals surface area (Å²) in [4.78, 5) is 0. The molecule has 0 saturated carbocycles. The van der Waals surface area contributed by atoms with E-state index >= 15 is 0 Å². The molecule has 11 heteroatoms. The number of unbranched alkanes of at least 4 members (excludes halogenated alkanes) is 2. The maximum Gasteiger partial charge on any atom is 0.394 e. The highest BCUT2D eigenvalue weighted by molar-refractivity contribution is 7.79. The molecule has 0 atom stereocenters. The number of aliphatic hydroxyl groups excluding tert-OH is 2. The van der Waals surface area contributed by atoms with Crippen molar-refractivity contribution >= 4 is 22.1 Å². The van der Waals surface area contributed by atoms with Gasteiger partial charge in [0.15, 0.2) is 0 Å². The molecule has 0 aromatic heterocycles. The van der Waals surface area contributed by atoms with E-state index in [0.29, 0.717) is 12.8 Å². The number of hydrogen-bond donors (Lipinski definition) is 8. The lowest BCUT2D eigenvalue weighted by Crippen LogP contribution is -2.08. The largest absolute Gasteiger partial charge is 0.396 e. The summed E-state index contributed by atoms with van der Waals surface area (Å²) < 4.78 is 31.6. The van der Waals surface area contributed by atoms with E-state index in [4.69, 9.17) is 50.0 Å². The Balaban J connectivity index is -0.000000239. The van der Waals surface area contributed by atoms with Crippen LogP contribution in [-0.2, 0) is 10.4 Å². The summed E-state index contributed by atoms with van der Waals surface area (Å²) >= 11 is 0. The Hall–Kier alpha value is -1.27. The van der Waals surface area contributed by atoms with E-state index in [0.717, 1.165) is 25.7 Å². The molecule has 0 aliphatic rings. The molecule has 0 radical (unpaired) electrons. The van der Waals surface area contributed by atoms with E-state index in [-0.39, 0.29) is 24.9 Å². The Kier molecular flexibility index (Phi) is 19.8. The SMILES string of the molecule is N=C(N)CCCCO.N=C(N)CCCCO.O=S(=O)(O)O. The first kappa shape index (κ1) is 24.7. The van der Waals surface area contributed by atoms with Crippen LogP contribution < -0.4 is 11.5 Å². The second-order valence-corrected chi connectivity index (χ2v) is 4.76. The number of aliphatic hydroxyl groups is 2. The van der Waals surface area contributed by atoms with Gasteiger partial charge in [-0.25, -0.2) is 0 Å². The molecule has 0 spiro atoms. The minimum atomic E-state index is -4.67. The lowest BCUT2D eigenvalue weighted by molar-refractivity contribution is 0.285. The van der Waals surface area contributed by atoms with Gasteiger partial charge in [0.1, 0.15) is 0 Å². The zero-order chi connectivity index (χ0) is 17.3. The highest BCUT2D eigenvalue weighted by Crippen LogP contribution is 1.91. The Bertz CT molecular complexity index is 333. The normalized spacial score (nSPS) is 9.71. The summed E-state index contributed by atoms with van der Waals surface area (Å²) in [6.45, 7) is 0.403. The summed E-state index contributed by atoms with van der Waals surface area (Å²) in [5, 5.41) is 30.1. The first-order valence-corrected chi connectivity index (χ1v) is 7.51. The molecular weight excluding hydrogens is 304 g/mol. The van der Waals surface area contributed by atoms with Crippen LogP contribution in [0.2, 0.25) is 0 Å². The highest BCUT2D eigenvalue weighted by atomic mass is 32.3. The van der Waals surface area contributed by atoms with Gasteiger partial charge in [0.2, 0.25) is 0 Å². The van der Waals surface area contributed by atoms with Crippen molar-refractivity contribution in [3.8, 4) is 0 Å². The minimum absolute atomic E-state index is 0.202. The third-order valence-electron chi connectivity index (χ3n) is 1.71. The van der Waals surface area contributed by atoms with Gasteiger partial charge < -0.3 is 21.7 Å². The van der Waals surface area contributed by atoms with Crippen molar-refractivity contribution in [1.82, 2.24) is 0 Å². The third kappa shape index (κ3) is 68.8. The lowest BCUT2D eigenvalue weighted by Gasteiger charge is -1.93. The predicted molar refractivity (Wildman–Crippen MR) is 79.9 cm³/mol. The summed E-state index contributed by atoms with van der Waals surface area (Å²) in [6, 6.07) is 0. The van der Waals surface area contributed by atoms with Crippen molar-refractivity contribution in [1.29, 1.82) is 10.8 Å². The second-order valence-electron chi connectivity index (χ2n) is 3.86. The molecule has 0 amide bonds. The molecule has 0 unspecified atom stereocenters. The van der Waals surface area contributed by atoms with Gasteiger partial charge in [-0.15, -0.1) is 0 Å². The standard InChI is InChI=1S/2C5H12N2O.H2O4S/c2*6-5(7)3-1-2-4-8;1-5(2,3)4/h2*8H,1-4H2,(H3,6,7);(H2,1,2,3,4). The lowest BCUT2D eigenvalue weighted by atomic mass is 10.2. The van der Waals surface area contributed by atoms with E-state index in [1.54, 1.807) is 0 Å². The van der Waals surface area contributed by atoms with E-state index in [2.05, 4.69) is 0 Å². The van der Waals surface area contributed by atoms with Crippen molar-refractivity contribution in [3.63, 3.8) is 0 Å². The van der Waals surface area contributed by atoms with Gasteiger partial charge in [-0.1, -0.05) is 0 Å². The van der Waals surface area contributed by atoms with Gasteiger partial charge in [-0.05, 0) is 25.7 Å². The van der Waals surface area contributed by atoms with E-state index in [1.807, 2.05) is 0 Å². The molecule has 0 bridgehead atoms. The predicted octanol–water partition coefficient (Wildman–Crippen LogP) is -0.483. The molecule has 128 valence electrons. The van der Waals surface area contributed by atoms with E-state index < -0.39 is 10.4 Å². The molecule has 0 rings (SSSR count). The molecule has 0 saturated heterocycles. The van der Waals surface area contributed by atoms with Crippen LogP contribution in [0.3, 0.4) is 0 Å². The number of nitrogens with one attached hydrogen (secondary N) is 2. The van der Waals surface area contributed by atoms with Crippen LogP contribution in [0.5, 0.6) is 0 Å². The molecule has 0 fully saturated rings. The zero-order valence-corrected chi connectivity index (χ0v) is 12.6. The maximum atomic E-state index is 8.74. The van der Waals surface area contributed by atoms with Crippen LogP contribution in [0.15, 0.2) is 0 Å². The van der Waals surface area contributed by atoms with Crippen LogP contribution in [0.25, 0.3) is 0 Å². The number of amidine groups is 2. The summed E-state index contributed by atoms with van der Waals surface area (Å²) in [6.07, 6.45) is 4.37.